The number of halogens is 1. The summed E-state index contributed by atoms with van der Waals surface area (Å²) in [6.45, 7) is 9.72. The Hall–Kier alpha value is -2.20. The van der Waals surface area contributed by atoms with Crippen LogP contribution >= 0.6 is 7.68 Å². The lowest BCUT2D eigenvalue weighted by Crippen LogP contribution is -2.08. The van der Waals surface area contributed by atoms with Crippen molar-refractivity contribution in [3.63, 3.8) is 0 Å². The molecule has 1 N–H and O–H groups in total. The maximum Gasteiger partial charge on any atom is 0.367 e. The minimum absolute atomic E-state index is 0.136. The van der Waals surface area contributed by atoms with Gasteiger partial charge in [0.05, 0.1) is 65.2 Å². The molecule has 10 nitrogen and oxygen atoms in total. The number of hydrogen-bond donors (Lipinski definition) is 1. The molecule has 360 valence electrons. The zero-order chi connectivity index (χ0) is 44.6. The van der Waals surface area contributed by atoms with Gasteiger partial charge in [-0.15, -0.1) is 5.10 Å². The van der Waals surface area contributed by atoms with Gasteiger partial charge in [0.2, 0.25) is 5.75 Å². The van der Waals surface area contributed by atoms with Crippen LogP contribution in [0.25, 0.3) is 0 Å². The molecule has 0 aliphatic carbocycles. The van der Waals surface area contributed by atoms with E-state index in [0.29, 0.717) is 37.8 Å². The third kappa shape index (κ3) is 31.6. The predicted octanol–water partition coefficient (Wildman–Crippen LogP) is 14.9. The van der Waals surface area contributed by atoms with Crippen molar-refractivity contribution in [1.29, 1.82) is 0 Å². The van der Waals surface area contributed by atoms with Gasteiger partial charge in [-0.1, -0.05) is 199 Å². The van der Waals surface area contributed by atoms with Crippen molar-refractivity contribution in [2.24, 2.45) is 0 Å². The lowest BCUT2D eigenvalue weighted by atomic mass is 10.1. The van der Waals surface area contributed by atoms with E-state index in [1.165, 1.54) is 154 Å². The molecule has 0 saturated carbocycles. The number of ether oxygens (including phenoxy) is 5. The number of rotatable bonds is 46. The average Bonchev–Trinajstić information content (AvgIpc) is 3.70. The summed E-state index contributed by atoms with van der Waals surface area (Å²) in [5, 5.41) is 8.66. The van der Waals surface area contributed by atoms with Crippen LogP contribution in [0, 0.1) is 0 Å². The molecular weight excluding hydrogens is 805 g/mol. The summed E-state index contributed by atoms with van der Waals surface area (Å²) in [4.78, 5) is 8.77. The Kier molecular flexibility index (Phi) is 35.4. The fraction of sp³-hybridized carbons (Fsp3) is 0.840. The summed E-state index contributed by atoms with van der Waals surface area (Å²) in [5.74, 6) is 2.18. The first-order valence-electron chi connectivity index (χ1n) is 25.5. The zero-order valence-corrected chi connectivity index (χ0v) is 40.8. The first-order valence-corrected chi connectivity index (χ1v) is 27.2. The Bertz CT molecular complexity index is 1310. The smallest absolute Gasteiger partial charge is 0.367 e. The molecule has 0 amide bonds. The van der Waals surface area contributed by atoms with Gasteiger partial charge >= 0.3 is 7.68 Å². The van der Waals surface area contributed by atoms with Gasteiger partial charge in [-0.2, -0.15) is 4.20 Å². The summed E-state index contributed by atoms with van der Waals surface area (Å²) in [5.41, 5.74) is 1.66. The number of nitrogens with zero attached hydrogens (tertiary/aromatic N) is 3. The van der Waals surface area contributed by atoms with Crippen LogP contribution in [-0.2, 0) is 27.2 Å². The number of unbranched alkanes of at least 4 members (excludes halogenated alkanes) is 27. The average molecular weight is 896 g/mol. The summed E-state index contributed by atoms with van der Waals surface area (Å²) in [6, 6.07) is 4.16. The van der Waals surface area contributed by atoms with E-state index in [9.17, 15) is 8.76 Å². The second-order valence-corrected chi connectivity index (χ2v) is 19.1. The minimum atomic E-state index is -4.56. The Morgan fingerprint density at radius 3 is 1.34 bits per heavy atom. The highest BCUT2D eigenvalue weighted by Gasteiger charge is 2.18. The Morgan fingerprint density at radius 1 is 0.532 bits per heavy atom. The highest BCUT2D eigenvalue weighted by molar-refractivity contribution is 7.52. The lowest BCUT2D eigenvalue weighted by Gasteiger charge is -2.19. The quantitative estimate of drug-likeness (QED) is 0.0512. The molecule has 0 aliphatic rings. The van der Waals surface area contributed by atoms with Gasteiger partial charge < -0.3 is 28.6 Å². The molecule has 2 rings (SSSR count). The number of aromatic nitrogens is 3. The van der Waals surface area contributed by atoms with E-state index >= 15 is 0 Å². The molecule has 0 spiro atoms. The van der Waals surface area contributed by atoms with Crippen molar-refractivity contribution in [3.05, 3.63) is 29.6 Å². The molecule has 12 heteroatoms. The molecule has 2 aromatic rings. The van der Waals surface area contributed by atoms with Crippen molar-refractivity contribution in [2.45, 2.75) is 227 Å². The van der Waals surface area contributed by atoms with Crippen molar-refractivity contribution in [3.8, 4) is 17.2 Å². The van der Waals surface area contributed by atoms with E-state index in [1.54, 1.807) is 4.68 Å². The Balaban J connectivity index is 2.06. The molecule has 0 bridgehead atoms. The molecule has 1 atom stereocenters. The van der Waals surface area contributed by atoms with Crippen molar-refractivity contribution in [1.82, 2.24) is 15.0 Å². The Labute approximate surface area is 378 Å². The monoisotopic (exact) mass is 896 g/mol. The lowest BCUT2D eigenvalue weighted by molar-refractivity contribution is 0.0440. The zero-order valence-electron chi connectivity index (χ0n) is 39.9. The van der Waals surface area contributed by atoms with Crippen LogP contribution in [0.15, 0.2) is 18.3 Å². The van der Waals surface area contributed by atoms with Crippen LogP contribution < -0.4 is 14.2 Å². The third-order valence-corrected chi connectivity index (χ3v) is 12.1. The van der Waals surface area contributed by atoms with Crippen molar-refractivity contribution in [2.75, 3.05) is 45.8 Å². The molecule has 1 heterocycles. The summed E-state index contributed by atoms with van der Waals surface area (Å²) < 4.78 is 56.0. The maximum absolute atomic E-state index is 12.8. The van der Waals surface area contributed by atoms with Crippen molar-refractivity contribution >= 4 is 7.68 Å². The molecule has 1 aromatic carbocycles. The summed E-state index contributed by atoms with van der Waals surface area (Å²) in [7, 11) is -4.56. The van der Waals surface area contributed by atoms with Crippen LogP contribution in [0.4, 0.5) is 4.20 Å². The van der Waals surface area contributed by atoms with Crippen LogP contribution in [-0.4, -0.2) is 65.7 Å². The SMILES string of the molecule is CCCCCCCCCCCCOc1cc(Cn2cc(COCCOCCP(=O)(O)F)nn2)cc(OCCCCCCCCCCCC)c1OCCCCCCCCCCCC. The maximum atomic E-state index is 12.8. The normalized spacial score (nSPS) is 12.5. The largest absolute Gasteiger partial charge is 0.490 e. The fourth-order valence-electron chi connectivity index (χ4n) is 7.63. The predicted molar refractivity (Wildman–Crippen MR) is 254 cm³/mol. The van der Waals surface area contributed by atoms with E-state index < -0.39 is 13.8 Å². The standard InChI is InChI=1S/C50H91FN3O7P/c1-4-7-10-13-16-19-22-25-28-31-34-59-48-41-46(43-54-44-47(52-53-54)45-58-38-37-57-39-40-62(51,55)56)42-49(60-35-32-29-26-23-20-17-14-11-8-5-2)50(48)61-36-33-30-27-24-21-18-15-12-9-6-3/h41-42,44H,4-40,43,45H2,1-3H3,(H,55,56). The first-order chi connectivity index (χ1) is 30.4. The van der Waals surface area contributed by atoms with Gasteiger partial charge in [0.1, 0.15) is 5.69 Å². The third-order valence-electron chi connectivity index (χ3n) is 11.4. The van der Waals surface area contributed by atoms with Crippen LogP contribution in [0.2, 0.25) is 0 Å². The highest BCUT2D eigenvalue weighted by atomic mass is 31.2. The second-order valence-electron chi connectivity index (χ2n) is 17.4. The topological polar surface area (TPSA) is 114 Å². The molecule has 0 saturated heterocycles. The fourth-order valence-corrected chi connectivity index (χ4v) is 7.98. The molecule has 62 heavy (non-hydrogen) atoms. The van der Waals surface area contributed by atoms with Crippen LogP contribution in [0.5, 0.6) is 17.2 Å². The molecular formula is C50H91FN3O7P. The molecule has 0 aliphatic heterocycles. The summed E-state index contributed by atoms with van der Waals surface area (Å²) >= 11 is 0. The molecule has 0 fully saturated rings. The van der Waals surface area contributed by atoms with Gasteiger partial charge in [-0.25, -0.2) is 4.68 Å². The van der Waals surface area contributed by atoms with E-state index in [4.69, 9.17) is 28.6 Å². The van der Waals surface area contributed by atoms with Gasteiger partial charge in [0.15, 0.2) is 11.5 Å². The van der Waals surface area contributed by atoms with Crippen LogP contribution in [0.3, 0.4) is 0 Å². The van der Waals surface area contributed by atoms with E-state index in [-0.39, 0.29) is 26.4 Å². The van der Waals surface area contributed by atoms with E-state index in [1.807, 2.05) is 6.20 Å². The minimum Gasteiger partial charge on any atom is -0.490 e. The van der Waals surface area contributed by atoms with E-state index in [0.717, 1.165) is 55.6 Å². The van der Waals surface area contributed by atoms with E-state index in [2.05, 4.69) is 43.2 Å². The van der Waals surface area contributed by atoms with Gasteiger partial charge in [-0.05, 0) is 37.0 Å². The van der Waals surface area contributed by atoms with Gasteiger partial charge in [-0.3, -0.25) is 4.57 Å². The van der Waals surface area contributed by atoms with Gasteiger partial charge in [0.25, 0.3) is 0 Å². The first kappa shape index (κ1) is 55.9. The second kappa shape index (κ2) is 39.2. The van der Waals surface area contributed by atoms with Crippen molar-refractivity contribution < 1.29 is 37.3 Å². The molecule has 1 aromatic heterocycles. The number of benzene rings is 1. The van der Waals surface area contributed by atoms with Gasteiger partial charge in [0, 0.05) is 0 Å². The van der Waals surface area contributed by atoms with Crippen LogP contribution in [0.1, 0.15) is 225 Å². The number of hydrogen-bond acceptors (Lipinski definition) is 8. The highest BCUT2D eigenvalue weighted by Crippen LogP contribution is 2.41. The molecule has 0 radical (unpaired) electrons. The summed E-state index contributed by atoms with van der Waals surface area (Å²) in [6.07, 6.45) is 39.6. The molecule has 1 unspecified atom stereocenters. The Morgan fingerprint density at radius 2 is 0.919 bits per heavy atom.